The number of halogens is 1. The van der Waals surface area contributed by atoms with Gasteiger partial charge in [0, 0.05) is 9.58 Å². The van der Waals surface area contributed by atoms with Crippen LogP contribution in [0.1, 0.15) is 4.88 Å². The molecule has 1 heterocycles. The predicted octanol–water partition coefficient (Wildman–Crippen LogP) is 2.69. The van der Waals surface area contributed by atoms with Crippen LogP contribution >= 0.6 is 11.3 Å². The molecule has 0 saturated heterocycles. The van der Waals surface area contributed by atoms with Gasteiger partial charge < -0.3 is 5.73 Å². The average molecular weight is 206 g/mol. The Balaban J connectivity index is 2.61. The van der Waals surface area contributed by atoms with E-state index in [1.54, 1.807) is 6.07 Å². The topological polar surface area (TPSA) is 49.8 Å². The molecule has 0 amide bonds. The van der Waals surface area contributed by atoms with Crippen molar-refractivity contribution in [1.29, 1.82) is 5.26 Å². The van der Waals surface area contributed by atoms with Crippen molar-refractivity contribution in [3.05, 3.63) is 28.9 Å². The second-order valence-corrected chi connectivity index (χ2v) is 4.13. The number of nitrogens with two attached hydrogens (primary N) is 1. The maximum absolute atomic E-state index is 13.1. The number of nitrogens with zero attached hydrogens (tertiary/aromatic N) is 1. The minimum absolute atomic E-state index is 0.155. The molecule has 0 spiro atoms. The molecule has 70 valence electrons. The van der Waals surface area contributed by atoms with Gasteiger partial charge in [-0.25, -0.2) is 4.39 Å². The summed E-state index contributed by atoms with van der Waals surface area (Å²) in [6, 6.07) is 6.90. The first-order valence-corrected chi connectivity index (χ1v) is 4.87. The summed E-state index contributed by atoms with van der Waals surface area (Å²) in [6.45, 7) is 0. The summed E-state index contributed by atoms with van der Waals surface area (Å²) in [5.41, 5.74) is 5.59. The molecule has 0 aliphatic rings. The minimum Gasteiger partial charge on any atom is -0.396 e. The number of anilines is 1. The second kappa shape index (κ2) is 3.28. The number of fused-ring (bicyclic) bond motifs is 1. The van der Waals surface area contributed by atoms with Gasteiger partial charge in [-0.05, 0) is 23.6 Å². The zero-order chi connectivity index (χ0) is 10.1. The molecule has 2 nitrogen and oxygen atoms in total. The molecule has 2 rings (SSSR count). The first kappa shape index (κ1) is 8.97. The largest absolute Gasteiger partial charge is 0.396 e. The molecule has 0 bridgehead atoms. The van der Waals surface area contributed by atoms with Crippen LogP contribution < -0.4 is 5.73 Å². The van der Waals surface area contributed by atoms with Crippen LogP contribution in [0, 0.1) is 17.1 Å². The Morgan fingerprint density at radius 2 is 2.21 bits per heavy atom. The highest BCUT2D eigenvalue weighted by Gasteiger charge is 2.05. The van der Waals surface area contributed by atoms with E-state index in [9.17, 15) is 4.39 Å². The summed E-state index contributed by atoms with van der Waals surface area (Å²) < 4.78 is 14.0. The van der Waals surface area contributed by atoms with E-state index in [1.165, 1.54) is 17.4 Å². The Labute approximate surface area is 84.4 Å². The SMILES string of the molecule is N#CCc1cc2cc(F)c(N)cc2s1. The third kappa shape index (κ3) is 1.42. The predicted molar refractivity (Wildman–Crippen MR) is 55.5 cm³/mol. The van der Waals surface area contributed by atoms with Crippen LogP contribution in [0.5, 0.6) is 0 Å². The molecule has 2 N–H and O–H groups in total. The number of nitriles is 1. The summed E-state index contributed by atoms with van der Waals surface area (Å²) in [5.74, 6) is -0.404. The monoisotopic (exact) mass is 206 g/mol. The zero-order valence-corrected chi connectivity index (χ0v) is 8.07. The number of rotatable bonds is 1. The van der Waals surface area contributed by atoms with Crippen molar-refractivity contribution in [2.45, 2.75) is 6.42 Å². The molecule has 0 unspecified atom stereocenters. The van der Waals surface area contributed by atoms with Crippen molar-refractivity contribution in [3.63, 3.8) is 0 Å². The highest BCUT2D eigenvalue weighted by molar-refractivity contribution is 7.19. The molecular formula is C10H7FN2S. The fourth-order valence-corrected chi connectivity index (χ4v) is 2.32. The molecule has 0 fully saturated rings. The van der Waals surface area contributed by atoms with Gasteiger partial charge in [-0.3, -0.25) is 0 Å². The Hall–Kier alpha value is -1.60. The molecule has 1 aromatic carbocycles. The van der Waals surface area contributed by atoms with Crippen molar-refractivity contribution < 1.29 is 4.39 Å². The third-order valence-corrected chi connectivity index (χ3v) is 3.04. The van der Waals surface area contributed by atoms with Gasteiger partial charge in [-0.15, -0.1) is 11.3 Å². The Morgan fingerprint density at radius 3 is 2.93 bits per heavy atom. The van der Waals surface area contributed by atoms with Gasteiger partial charge in [-0.1, -0.05) is 0 Å². The van der Waals surface area contributed by atoms with Crippen molar-refractivity contribution in [1.82, 2.24) is 0 Å². The lowest BCUT2D eigenvalue weighted by Crippen LogP contribution is -1.88. The molecule has 4 heteroatoms. The fraction of sp³-hybridized carbons (Fsp3) is 0.100. The van der Waals surface area contributed by atoms with Crippen LogP contribution in [0.3, 0.4) is 0 Å². The standard InChI is InChI=1S/C10H7FN2S/c11-8-4-6-3-7(1-2-12)14-10(6)5-9(8)13/h3-5H,1,13H2. The van der Waals surface area contributed by atoms with E-state index in [1.807, 2.05) is 6.07 Å². The molecule has 0 aliphatic heterocycles. The van der Waals surface area contributed by atoms with Gasteiger partial charge in [0.2, 0.25) is 0 Å². The maximum Gasteiger partial charge on any atom is 0.146 e. The highest BCUT2D eigenvalue weighted by atomic mass is 32.1. The van der Waals surface area contributed by atoms with E-state index in [0.29, 0.717) is 6.42 Å². The smallest absolute Gasteiger partial charge is 0.146 e. The van der Waals surface area contributed by atoms with Crippen LogP contribution in [0.4, 0.5) is 10.1 Å². The van der Waals surface area contributed by atoms with Gasteiger partial charge in [0.05, 0.1) is 18.2 Å². The first-order valence-electron chi connectivity index (χ1n) is 4.05. The fourth-order valence-electron chi connectivity index (χ4n) is 1.29. The normalized spacial score (nSPS) is 10.3. The summed E-state index contributed by atoms with van der Waals surface area (Å²) in [6.07, 6.45) is 0.362. The van der Waals surface area contributed by atoms with E-state index in [-0.39, 0.29) is 5.69 Å². The molecule has 2 aromatic rings. The van der Waals surface area contributed by atoms with E-state index >= 15 is 0 Å². The average Bonchev–Trinajstić information content (AvgIpc) is 2.48. The molecule has 14 heavy (non-hydrogen) atoms. The van der Waals surface area contributed by atoms with Gasteiger partial charge in [-0.2, -0.15) is 5.26 Å². The Kier molecular flexibility index (Phi) is 2.10. The number of benzene rings is 1. The van der Waals surface area contributed by atoms with Crippen molar-refractivity contribution >= 4 is 27.1 Å². The van der Waals surface area contributed by atoms with Crippen LogP contribution in [0.15, 0.2) is 18.2 Å². The van der Waals surface area contributed by atoms with E-state index in [4.69, 9.17) is 11.0 Å². The lowest BCUT2D eigenvalue weighted by Gasteiger charge is -1.94. The lowest BCUT2D eigenvalue weighted by atomic mass is 10.2. The summed E-state index contributed by atoms with van der Waals surface area (Å²) >= 11 is 1.48. The minimum atomic E-state index is -0.404. The Bertz CT molecular complexity index is 486. The van der Waals surface area contributed by atoms with Gasteiger partial charge in [0.1, 0.15) is 5.82 Å². The number of nitrogen functional groups attached to an aromatic ring is 1. The molecule has 1 aromatic heterocycles. The van der Waals surface area contributed by atoms with E-state index in [2.05, 4.69) is 6.07 Å². The number of hydrogen-bond donors (Lipinski definition) is 1. The van der Waals surface area contributed by atoms with Crippen molar-refractivity contribution in [2.75, 3.05) is 5.73 Å². The molecule has 0 atom stereocenters. The summed E-state index contributed by atoms with van der Waals surface area (Å²) in [7, 11) is 0. The van der Waals surface area contributed by atoms with Gasteiger partial charge >= 0.3 is 0 Å². The summed E-state index contributed by atoms with van der Waals surface area (Å²) in [5, 5.41) is 9.32. The zero-order valence-electron chi connectivity index (χ0n) is 7.25. The highest BCUT2D eigenvalue weighted by Crippen LogP contribution is 2.29. The van der Waals surface area contributed by atoms with Crippen LogP contribution in [-0.2, 0) is 6.42 Å². The maximum atomic E-state index is 13.1. The number of hydrogen-bond acceptors (Lipinski definition) is 3. The first-order chi connectivity index (χ1) is 6.70. The molecule has 0 radical (unpaired) electrons. The third-order valence-electron chi connectivity index (χ3n) is 1.94. The van der Waals surface area contributed by atoms with Crippen LogP contribution in [0.2, 0.25) is 0 Å². The molecular weight excluding hydrogens is 199 g/mol. The Morgan fingerprint density at radius 1 is 1.43 bits per heavy atom. The van der Waals surface area contributed by atoms with Crippen molar-refractivity contribution in [2.24, 2.45) is 0 Å². The van der Waals surface area contributed by atoms with E-state index < -0.39 is 5.82 Å². The lowest BCUT2D eigenvalue weighted by molar-refractivity contribution is 0.634. The summed E-state index contributed by atoms with van der Waals surface area (Å²) in [4.78, 5) is 0.938. The van der Waals surface area contributed by atoms with Crippen molar-refractivity contribution in [3.8, 4) is 6.07 Å². The van der Waals surface area contributed by atoms with Gasteiger partial charge in [0.25, 0.3) is 0 Å². The number of thiophene rings is 1. The van der Waals surface area contributed by atoms with Crippen LogP contribution in [0.25, 0.3) is 10.1 Å². The molecule has 0 aliphatic carbocycles. The van der Waals surface area contributed by atoms with Crippen LogP contribution in [-0.4, -0.2) is 0 Å². The second-order valence-electron chi connectivity index (χ2n) is 2.96. The molecule has 0 saturated carbocycles. The quantitative estimate of drug-likeness (QED) is 0.729. The van der Waals surface area contributed by atoms with Gasteiger partial charge in [0.15, 0.2) is 0 Å². The van der Waals surface area contributed by atoms with E-state index in [0.717, 1.165) is 15.0 Å².